The molecule has 1 aliphatic heterocycles. The second-order valence-corrected chi connectivity index (χ2v) is 6.31. The molecule has 0 radical (unpaired) electrons. The molecule has 8 heteroatoms. The number of aromatic carboxylic acids is 1. The van der Waals surface area contributed by atoms with E-state index in [9.17, 15) is 14.4 Å². The standard InChI is InChI=1S/C12H11IN2O4S/c13-7-1-2-9(8(3-7)12(18)19)14-10(16)4-15-6-20-5-11(15)17/h1-3H,4-6H2,(H,14,16)(H,18,19). The summed E-state index contributed by atoms with van der Waals surface area (Å²) in [6.45, 7) is -0.0587. The zero-order chi connectivity index (χ0) is 14.7. The van der Waals surface area contributed by atoms with Crippen molar-refractivity contribution in [2.45, 2.75) is 0 Å². The van der Waals surface area contributed by atoms with Gasteiger partial charge in [-0.05, 0) is 40.8 Å². The molecule has 1 aliphatic rings. The molecule has 0 atom stereocenters. The molecule has 0 spiro atoms. The van der Waals surface area contributed by atoms with Crippen molar-refractivity contribution in [3.05, 3.63) is 27.3 Å². The van der Waals surface area contributed by atoms with Crippen LogP contribution in [0.1, 0.15) is 10.4 Å². The largest absolute Gasteiger partial charge is 0.478 e. The SMILES string of the molecule is O=C(CN1CSCC1=O)Nc1ccc(I)cc1C(=O)O. The van der Waals surface area contributed by atoms with Crippen LogP contribution in [0, 0.1) is 3.57 Å². The highest BCUT2D eigenvalue weighted by atomic mass is 127. The third-order valence-corrected chi connectivity index (χ3v) is 4.26. The number of rotatable bonds is 4. The fourth-order valence-electron chi connectivity index (χ4n) is 1.71. The third kappa shape index (κ3) is 3.63. The first kappa shape index (κ1) is 15.1. The van der Waals surface area contributed by atoms with Crippen LogP contribution in [-0.2, 0) is 9.59 Å². The van der Waals surface area contributed by atoms with Gasteiger partial charge in [0, 0.05) is 3.57 Å². The maximum Gasteiger partial charge on any atom is 0.337 e. The normalized spacial score (nSPS) is 14.4. The maximum atomic E-state index is 11.9. The summed E-state index contributed by atoms with van der Waals surface area (Å²) < 4.78 is 0.768. The minimum Gasteiger partial charge on any atom is -0.478 e. The van der Waals surface area contributed by atoms with Gasteiger partial charge in [-0.1, -0.05) is 0 Å². The van der Waals surface area contributed by atoms with E-state index < -0.39 is 11.9 Å². The monoisotopic (exact) mass is 406 g/mol. The molecule has 0 unspecified atom stereocenters. The van der Waals surface area contributed by atoms with Crippen LogP contribution in [0.15, 0.2) is 18.2 Å². The van der Waals surface area contributed by atoms with E-state index in [0.717, 1.165) is 3.57 Å². The lowest BCUT2D eigenvalue weighted by Crippen LogP contribution is -2.34. The van der Waals surface area contributed by atoms with Crippen LogP contribution < -0.4 is 5.32 Å². The smallest absolute Gasteiger partial charge is 0.337 e. The molecular weight excluding hydrogens is 395 g/mol. The second kappa shape index (κ2) is 6.44. The Labute approximate surface area is 133 Å². The number of hydrogen-bond acceptors (Lipinski definition) is 4. The molecule has 2 amide bonds. The summed E-state index contributed by atoms with van der Waals surface area (Å²) in [5.41, 5.74) is 0.273. The molecule has 1 saturated heterocycles. The van der Waals surface area contributed by atoms with E-state index in [4.69, 9.17) is 5.11 Å². The van der Waals surface area contributed by atoms with Crippen molar-refractivity contribution < 1.29 is 19.5 Å². The van der Waals surface area contributed by atoms with Gasteiger partial charge in [-0.25, -0.2) is 4.79 Å². The Morgan fingerprint density at radius 3 is 2.80 bits per heavy atom. The Bertz CT molecular complexity index is 579. The summed E-state index contributed by atoms with van der Waals surface area (Å²) >= 11 is 3.45. The summed E-state index contributed by atoms with van der Waals surface area (Å²) in [4.78, 5) is 35.8. The van der Waals surface area contributed by atoms with Gasteiger partial charge in [0.1, 0.15) is 6.54 Å². The van der Waals surface area contributed by atoms with Gasteiger partial charge < -0.3 is 15.3 Å². The summed E-state index contributed by atoms with van der Waals surface area (Å²) in [5, 5.41) is 11.6. The molecule has 20 heavy (non-hydrogen) atoms. The molecule has 0 aromatic heterocycles. The maximum absolute atomic E-state index is 11.9. The Morgan fingerprint density at radius 1 is 1.45 bits per heavy atom. The van der Waals surface area contributed by atoms with Crippen LogP contribution in [0.4, 0.5) is 5.69 Å². The molecule has 0 bridgehead atoms. The number of carbonyl (C=O) groups is 3. The number of hydrogen-bond donors (Lipinski definition) is 2. The number of halogens is 1. The van der Waals surface area contributed by atoms with Gasteiger partial charge in [-0.2, -0.15) is 0 Å². The summed E-state index contributed by atoms with van der Waals surface area (Å²) in [6, 6.07) is 4.73. The molecule has 2 rings (SSSR count). The second-order valence-electron chi connectivity index (χ2n) is 4.11. The number of carboxylic acids is 1. The number of carboxylic acid groups (broad SMARTS) is 1. The van der Waals surface area contributed by atoms with E-state index >= 15 is 0 Å². The Hall–Kier alpha value is -1.29. The molecule has 1 aromatic rings. The van der Waals surface area contributed by atoms with Crippen molar-refractivity contribution in [3.63, 3.8) is 0 Å². The van der Waals surface area contributed by atoms with Gasteiger partial charge in [-0.3, -0.25) is 9.59 Å². The van der Waals surface area contributed by atoms with Crippen molar-refractivity contribution in [1.29, 1.82) is 0 Å². The van der Waals surface area contributed by atoms with Gasteiger partial charge in [-0.15, -0.1) is 11.8 Å². The van der Waals surface area contributed by atoms with Gasteiger partial charge in [0.25, 0.3) is 0 Å². The van der Waals surface area contributed by atoms with Crippen molar-refractivity contribution in [2.75, 3.05) is 23.5 Å². The van der Waals surface area contributed by atoms with E-state index in [0.29, 0.717) is 11.6 Å². The lowest BCUT2D eigenvalue weighted by Gasteiger charge is -2.15. The lowest BCUT2D eigenvalue weighted by molar-refractivity contribution is -0.130. The highest BCUT2D eigenvalue weighted by Gasteiger charge is 2.23. The Balaban J connectivity index is 2.07. The fourth-order valence-corrected chi connectivity index (χ4v) is 3.10. The highest BCUT2D eigenvalue weighted by Crippen LogP contribution is 2.20. The first-order valence-electron chi connectivity index (χ1n) is 5.65. The van der Waals surface area contributed by atoms with Gasteiger partial charge in [0.15, 0.2) is 0 Å². The molecule has 1 fully saturated rings. The number of nitrogens with zero attached hydrogens (tertiary/aromatic N) is 1. The highest BCUT2D eigenvalue weighted by molar-refractivity contribution is 14.1. The fraction of sp³-hybridized carbons (Fsp3) is 0.250. The molecular formula is C12H11IN2O4S. The number of thioether (sulfide) groups is 1. The number of carbonyl (C=O) groups excluding carboxylic acids is 2. The van der Waals surface area contributed by atoms with Crippen molar-refractivity contribution in [1.82, 2.24) is 4.90 Å². The zero-order valence-electron chi connectivity index (χ0n) is 10.3. The number of anilines is 1. The van der Waals surface area contributed by atoms with E-state index in [1.165, 1.54) is 22.7 Å². The first-order chi connectivity index (χ1) is 9.47. The molecule has 2 N–H and O–H groups in total. The minimum atomic E-state index is -1.10. The topological polar surface area (TPSA) is 86.7 Å². The van der Waals surface area contributed by atoms with E-state index in [-0.39, 0.29) is 23.7 Å². The van der Waals surface area contributed by atoms with Crippen LogP contribution in [0.5, 0.6) is 0 Å². The number of benzene rings is 1. The average Bonchev–Trinajstić information content (AvgIpc) is 2.77. The molecule has 6 nitrogen and oxygen atoms in total. The lowest BCUT2D eigenvalue weighted by atomic mass is 10.2. The average molecular weight is 406 g/mol. The minimum absolute atomic E-state index is 0.0346. The first-order valence-corrected chi connectivity index (χ1v) is 7.89. The Kier molecular flexibility index (Phi) is 4.86. The van der Waals surface area contributed by atoms with Crippen LogP contribution >= 0.6 is 34.4 Å². The molecule has 1 heterocycles. The predicted octanol–water partition coefficient (Wildman–Crippen LogP) is 1.46. The van der Waals surface area contributed by atoms with Gasteiger partial charge >= 0.3 is 5.97 Å². The zero-order valence-corrected chi connectivity index (χ0v) is 13.2. The molecule has 1 aromatic carbocycles. The van der Waals surface area contributed by atoms with E-state index in [1.54, 1.807) is 12.1 Å². The van der Waals surface area contributed by atoms with Gasteiger partial charge in [0.2, 0.25) is 11.8 Å². The number of nitrogens with one attached hydrogen (secondary N) is 1. The summed E-state index contributed by atoms with van der Waals surface area (Å²) in [5.74, 6) is -0.704. The molecule has 106 valence electrons. The molecule has 0 aliphatic carbocycles. The van der Waals surface area contributed by atoms with Crippen LogP contribution in [-0.4, -0.2) is 46.0 Å². The van der Waals surface area contributed by atoms with Crippen molar-refractivity contribution in [3.8, 4) is 0 Å². The van der Waals surface area contributed by atoms with Gasteiger partial charge in [0.05, 0.1) is 22.9 Å². The third-order valence-electron chi connectivity index (χ3n) is 2.65. The quantitative estimate of drug-likeness (QED) is 0.740. The van der Waals surface area contributed by atoms with Crippen molar-refractivity contribution >= 4 is 57.8 Å². The summed E-state index contributed by atoms with van der Waals surface area (Å²) in [6.07, 6.45) is 0. The number of amides is 2. The van der Waals surface area contributed by atoms with Crippen LogP contribution in [0.25, 0.3) is 0 Å². The molecule has 0 saturated carbocycles. The van der Waals surface area contributed by atoms with E-state index in [2.05, 4.69) is 5.32 Å². The predicted molar refractivity (Wildman–Crippen MR) is 83.8 cm³/mol. The Morgan fingerprint density at radius 2 is 2.20 bits per heavy atom. The van der Waals surface area contributed by atoms with Crippen molar-refractivity contribution in [2.24, 2.45) is 0 Å². The van der Waals surface area contributed by atoms with Crippen LogP contribution in [0.2, 0.25) is 0 Å². The summed E-state index contributed by atoms with van der Waals surface area (Å²) in [7, 11) is 0. The van der Waals surface area contributed by atoms with Crippen LogP contribution in [0.3, 0.4) is 0 Å². The van der Waals surface area contributed by atoms with E-state index in [1.807, 2.05) is 22.6 Å².